The van der Waals surface area contributed by atoms with Crippen molar-refractivity contribution in [2.45, 2.75) is 12.6 Å². The van der Waals surface area contributed by atoms with Gasteiger partial charge in [-0.05, 0) is 42.5 Å². The van der Waals surface area contributed by atoms with Gasteiger partial charge in [0.05, 0.1) is 11.5 Å². The fourth-order valence-corrected chi connectivity index (χ4v) is 3.08. The molecule has 1 aliphatic rings. The van der Waals surface area contributed by atoms with E-state index in [1.54, 1.807) is 24.3 Å². The highest BCUT2D eigenvalue weighted by Crippen LogP contribution is 2.33. The maximum atomic E-state index is 12.9. The summed E-state index contributed by atoms with van der Waals surface area (Å²) in [5.41, 5.74) is 0.131. The van der Waals surface area contributed by atoms with Crippen molar-refractivity contribution in [3.8, 4) is 0 Å². The monoisotopic (exact) mass is 405 g/mol. The average Bonchev–Trinajstić information content (AvgIpc) is 3.09. The molecule has 9 heteroatoms. The van der Waals surface area contributed by atoms with Gasteiger partial charge in [0.1, 0.15) is 0 Å². The minimum atomic E-state index is -4.52. The van der Waals surface area contributed by atoms with Crippen molar-refractivity contribution in [3.05, 3.63) is 59.7 Å². The number of nitrogens with one attached hydrogen (secondary N) is 2. The number of amides is 3. The predicted molar refractivity (Wildman–Crippen MR) is 100 cm³/mol. The fourth-order valence-electron chi connectivity index (χ4n) is 3.08. The van der Waals surface area contributed by atoms with Crippen LogP contribution >= 0.6 is 0 Å². The molecule has 0 aromatic heterocycles. The predicted octanol–water partition coefficient (Wildman–Crippen LogP) is 3.06. The summed E-state index contributed by atoms with van der Waals surface area (Å²) >= 11 is 0. The van der Waals surface area contributed by atoms with E-state index in [2.05, 4.69) is 10.6 Å². The van der Waals surface area contributed by atoms with Gasteiger partial charge in [-0.2, -0.15) is 13.2 Å². The zero-order chi connectivity index (χ0) is 21.2. The molecule has 2 aromatic rings. The number of rotatable bonds is 4. The molecule has 6 nitrogen and oxygen atoms in total. The zero-order valence-corrected chi connectivity index (χ0v) is 15.4. The Hall–Kier alpha value is -3.36. The normalized spacial score (nSPS) is 16.6. The van der Waals surface area contributed by atoms with Gasteiger partial charge in [0.15, 0.2) is 0 Å². The van der Waals surface area contributed by atoms with Gasteiger partial charge in [-0.15, -0.1) is 0 Å². The van der Waals surface area contributed by atoms with E-state index in [4.69, 9.17) is 0 Å². The first-order valence-corrected chi connectivity index (χ1v) is 8.79. The number of alkyl halides is 3. The van der Waals surface area contributed by atoms with Crippen molar-refractivity contribution < 1.29 is 27.6 Å². The van der Waals surface area contributed by atoms with Crippen LogP contribution in [-0.4, -0.2) is 31.3 Å². The molecule has 2 aromatic carbocycles. The van der Waals surface area contributed by atoms with Crippen LogP contribution in [0.5, 0.6) is 0 Å². The van der Waals surface area contributed by atoms with E-state index in [0.717, 1.165) is 12.1 Å². The highest BCUT2D eigenvalue weighted by molar-refractivity contribution is 6.03. The lowest BCUT2D eigenvalue weighted by atomic mass is 10.1. The highest BCUT2D eigenvalue weighted by atomic mass is 19.4. The Morgan fingerprint density at radius 3 is 2.41 bits per heavy atom. The number of nitrogens with zero attached hydrogens (tertiary/aromatic N) is 1. The van der Waals surface area contributed by atoms with E-state index >= 15 is 0 Å². The summed E-state index contributed by atoms with van der Waals surface area (Å²) in [7, 11) is 1.51. The quantitative estimate of drug-likeness (QED) is 0.821. The van der Waals surface area contributed by atoms with Gasteiger partial charge < -0.3 is 15.5 Å². The number of halogens is 3. The maximum Gasteiger partial charge on any atom is 0.416 e. The number of hydrogen-bond donors (Lipinski definition) is 2. The van der Waals surface area contributed by atoms with Crippen molar-refractivity contribution in [3.63, 3.8) is 0 Å². The third-order valence-corrected chi connectivity index (χ3v) is 4.62. The SMILES string of the molecule is CNC(=O)c1ccc(NC(=O)C2CC(=O)N(c3cccc(C(F)(F)F)c3)C2)cc1. The molecule has 1 fully saturated rings. The van der Waals surface area contributed by atoms with Gasteiger partial charge in [0.2, 0.25) is 11.8 Å². The van der Waals surface area contributed by atoms with Gasteiger partial charge in [0, 0.05) is 37.0 Å². The van der Waals surface area contributed by atoms with Crippen LogP contribution in [-0.2, 0) is 15.8 Å². The second-order valence-electron chi connectivity index (χ2n) is 6.60. The van der Waals surface area contributed by atoms with Crippen LogP contribution in [0.3, 0.4) is 0 Å². The third kappa shape index (κ3) is 4.56. The molecule has 152 valence electrons. The highest BCUT2D eigenvalue weighted by Gasteiger charge is 2.37. The van der Waals surface area contributed by atoms with Gasteiger partial charge in [-0.25, -0.2) is 0 Å². The molecule has 2 N–H and O–H groups in total. The van der Waals surface area contributed by atoms with Crippen molar-refractivity contribution >= 4 is 29.1 Å². The molecular weight excluding hydrogens is 387 g/mol. The molecule has 0 spiro atoms. The average molecular weight is 405 g/mol. The van der Waals surface area contributed by atoms with Crippen LogP contribution < -0.4 is 15.5 Å². The van der Waals surface area contributed by atoms with Crippen molar-refractivity contribution in [1.82, 2.24) is 5.32 Å². The number of carbonyl (C=O) groups excluding carboxylic acids is 3. The molecular formula is C20H18F3N3O3. The Labute approximate surface area is 164 Å². The van der Waals surface area contributed by atoms with Crippen LogP contribution in [0.4, 0.5) is 24.5 Å². The molecule has 1 unspecified atom stereocenters. The molecule has 3 amide bonds. The Bertz CT molecular complexity index is 942. The first-order chi connectivity index (χ1) is 13.7. The number of benzene rings is 2. The van der Waals surface area contributed by atoms with E-state index in [-0.39, 0.29) is 24.6 Å². The van der Waals surface area contributed by atoms with Crippen molar-refractivity contribution in [2.24, 2.45) is 5.92 Å². The molecule has 0 saturated carbocycles. The molecule has 0 aliphatic carbocycles. The summed E-state index contributed by atoms with van der Waals surface area (Å²) in [4.78, 5) is 37.5. The van der Waals surface area contributed by atoms with E-state index in [9.17, 15) is 27.6 Å². The van der Waals surface area contributed by atoms with Gasteiger partial charge >= 0.3 is 6.18 Å². The summed E-state index contributed by atoms with van der Waals surface area (Å²) in [5.74, 6) is -1.79. The Morgan fingerprint density at radius 1 is 1.10 bits per heavy atom. The lowest BCUT2D eigenvalue weighted by Gasteiger charge is -2.18. The molecule has 1 saturated heterocycles. The molecule has 1 heterocycles. The van der Waals surface area contributed by atoms with Crippen LogP contribution in [0.2, 0.25) is 0 Å². The first kappa shape index (κ1) is 20.4. The smallest absolute Gasteiger partial charge is 0.355 e. The Morgan fingerprint density at radius 2 is 1.79 bits per heavy atom. The summed E-state index contributed by atoms with van der Waals surface area (Å²) < 4.78 is 38.7. The largest absolute Gasteiger partial charge is 0.416 e. The molecule has 1 atom stereocenters. The lowest BCUT2D eigenvalue weighted by molar-refractivity contribution is -0.137. The summed E-state index contributed by atoms with van der Waals surface area (Å²) in [6.45, 7) is -0.0116. The van der Waals surface area contributed by atoms with Crippen LogP contribution in [0.25, 0.3) is 0 Å². The minimum Gasteiger partial charge on any atom is -0.355 e. The standard InChI is InChI=1S/C20H18F3N3O3/c1-24-18(28)12-5-7-15(8-6-12)25-19(29)13-9-17(27)26(11-13)16-4-2-3-14(10-16)20(21,22)23/h2-8,10,13H,9,11H2,1H3,(H,24,28)(H,25,29). The van der Waals surface area contributed by atoms with Crippen molar-refractivity contribution in [2.75, 3.05) is 23.8 Å². The molecule has 0 radical (unpaired) electrons. The van der Waals surface area contributed by atoms with Crippen LogP contribution in [0.15, 0.2) is 48.5 Å². The fraction of sp³-hybridized carbons (Fsp3) is 0.250. The number of hydrogen-bond acceptors (Lipinski definition) is 3. The number of carbonyl (C=O) groups is 3. The van der Waals surface area contributed by atoms with Gasteiger partial charge in [-0.3, -0.25) is 14.4 Å². The van der Waals surface area contributed by atoms with Gasteiger partial charge in [0.25, 0.3) is 5.91 Å². The minimum absolute atomic E-state index is 0.0116. The molecule has 3 rings (SSSR count). The molecule has 29 heavy (non-hydrogen) atoms. The van der Waals surface area contributed by atoms with E-state index in [1.807, 2.05) is 0 Å². The lowest BCUT2D eigenvalue weighted by Crippen LogP contribution is -2.28. The van der Waals surface area contributed by atoms with Crippen LogP contribution in [0.1, 0.15) is 22.3 Å². The zero-order valence-electron chi connectivity index (χ0n) is 15.4. The topological polar surface area (TPSA) is 78.5 Å². The molecule has 1 aliphatic heterocycles. The van der Waals surface area contributed by atoms with Crippen molar-refractivity contribution in [1.29, 1.82) is 0 Å². The third-order valence-electron chi connectivity index (χ3n) is 4.62. The number of anilines is 2. The van der Waals surface area contributed by atoms with E-state index < -0.39 is 29.5 Å². The first-order valence-electron chi connectivity index (χ1n) is 8.79. The van der Waals surface area contributed by atoms with E-state index in [0.29, 0.717) is 11.3 Å². The Balaban J connectivity index is 1.68. The summed E-state index contributed by atoms with van der Waals surface area (Å²) in [5, 5.41) is 5.15. The second-order valence-corrected chi connectivity index (χ2v) is 6.60. The van der Waals surface area contributed by atoms with E-state index in [1.165, 1.54) is 24.1 Å². The second kappa shape index (κ2) is 7.94. The van der Waals surface area contributed by atoms with Gasteiger partial charge in [-0.1, -0.05) is 6.07 Å². The Kier molecular flexibility index (Phi) is 5.58. The maximum absolute atomic E-state index is 12.9. The van der Waals surface area contributed by atoms with Crippen LogP contribution in [0, 0.1) is 5.92 Å². The summed E-state index contributed by atoms with van der Waals surface area (Å²) in [6, 6.07) is 10.7. The molecule has 0 bridgehead atoms. The summed E-state index contributed by atoms with van der Waals surface area (Å²) in [6.07, 6.45) is -4.62.